The molecule has 0 fully saturated rings. The third-order valence-electron chi connectivity index (χ3n) is 5.02. The molecule has 0 spiro atoms. The van der Waals surface area contributed by atoms with Crippen molar-refractivity contribution in [1.82, 2.24) is 0 Å². The van der Waals surface area contributed by atoms with E-state index in [9.17, 15) is 4.79 Å². The summed E-state index contributed by atoms with van der Waals surface area (Å²) >= 11 is 12.3. The number of benzene rings is 3. The zero-order valence-electron chi connectivity index (χ0n) is 14.2. The number of hydrogen-bond donors (Lipinski definition) is 1. The van der Waals surface area contributed by atoms with Gasteiger partial charge in [0.05, 0.1) is 5.41 Å². The first kappa shape index (κ1) is 17.1. The molecule has 26 heavy (non-hydrogen) atoms. The fraction of sp³-hybridized carbons (Fsp3) is 0.136. The van der Waals surface area contributed by atoms with E-state index < -0.39 is 5.41 Å². The first-order chi connectivity index (χ1) is 12.5. The Morgan fingerprint density at radius 3 is 2.42 bits per heavy atom. The smallest absolute Gasteiger partial charge is 0.235 e. The minimum Gasteiger partial charge on any atom is -0.325 e. The van der Waals surface area contributed by atoms with Crippen LogP contribution in [0.15, 0.2) is 66.7 Å². The van der Waals surface area contributed by atoms with Crippen molar-refractivity contribution in [1.29, 1.82) is 0 Å². The Kier molecular flexibility index (Phi) is 4.26. The van der Waals surface area contributed by atoms with Crippen LogP contribution < -0.4 is 5.32 Å². The maximum absolute atomic E-state index is 12.8. The van der Waals surface area contributed by atoms with Gasteiger partial charge in [0.1, 0.15) is 0 Å². The minimum atomic E-state index is -0.609. The van der Waals surface area contributed by atoms with Crippen molar-refractivity contribution in [2.45, 2.75) is 18.8 Å². The lowest BCUT2D eigenvalue weighted by Gasteiger charge is -2.22. The highest BCUT2D eigenvalue weighted by molar-refractivity contribution is 6.33. The van der Waals surface area contributed by atoms with Crippen LogP contribution in [0.25, 0.3) is 11.1 Å². The molecule has 3 aromatic carbocycles. The summed E-state index contributed by atoms with van der Waals surface area (Å²) in [5.74, 6) is 0.0127. The minimum absolute atomic E-state index is 0.0127. The second-order valence-electron chi connectivity index (χ2n) is 6.83. The van der Waals surface area contributed by atoms with Crippen LogP contribution >= 0.6 is 23.2 Å². The highest BCUT2D eigenvalue weighted by Gasteiger charge is 2.42. The number of rotatable bonds is 3. The Hall–Kier alpha value is -2.29. The molecule has 3 aromatic rings. The third kappa shape index (κ3) is 2.90. The summed E-state index contributed by atoms with van der Waals surface area (Å²) in [5.41, 5.74) is 4.28. The first-order valence-electron chi connectivity index (χ1n) is 8.43. The maximum atomic E-state index is 12.8. The Bertz CT molecular complexity index is 997. The average molecular weight is 382 g/mol. The van der Waals surface area contributed by atoms with Crippen LogP contribution in [0.4, 0.5) is 5.69 Å². The van der Waals surface area contributed by atoms with Crippen LogP contribution in [0.1, 0.15) is 18.1 Å². The lowest BCUT2D eigenvalue weighted by Crippen LogP contribution is -2.33. The van der Waals surface area contributed by atoms with E-state index in [-0.39, 0.29) is 5.91 Å². The lowest BCUT2D eigenvalue weighted by atomic mass is 9.78. The summed E-state index contributed by atoms with van der Waals surface area (Å²) < 4.78 is 0. The maximum Gasteiger partial charge on any atom is 0.235 e. The largest absolute Gasteiger partial charge is 0.325 e. The molecule has 1 unspecified atom stereocenters. The number of fused-ring (bicyclic) bond motifs is 1. The molecule has 1 heterocycles. The predicted octanol–water partition coefficient (Wildman–Crippen LogP) is 6.11. The van der Waals surface area contributed by atoms with Crippen molar-refractivity contribution < 1.29 is 4.79 Å². The van der Waals surface area contributed by atoms with E-state index in [2.05, 4.69) is 5.32 Å². The van der Waals surface area contributed by atoms with Crippen LogP contribution in [0, 0.1) is 0 Å². The van der Waals surface area contributed by atoms with Gasteiger partial charge in [-0.05, 0) is 54.3 Å². The zero-order chi connectivity index (χ0) is 18.3. The van der Waals surface area contributed by atoms with E-state index in [0.717, 1.165) is 27.9 Å². The van der Waals surface area contributed by atoms with E-state index in [1.54, 1.807) is 0 Å². The summed E-state index contributed by atoms with van der Waals surface area (Å²) in [6, 6.07) is 21.4. The number of nitrogens with one attached hydrogen (secondary N) is 1. The quantitative estimate of drug-likeness (QED) is 0.582. The van der Waals surface area contributed by atoms with Crippen molar-refractivity contribution in [3.8, 4) is 11.1 Å². The predicted molar refractivity (Wildman–Crippen MR) is 108 cm³/mol. The van der Waals surface area contributed by atoms with E-state index in [1.807, 2.05) is 73.7 Å². The summed E-state index contributed by atoms with van der Waals surface area (Å²) in [7, 11) is 0. The zero-order valence-corrected chi connectivity index (χ0v) is 15.7. The Morgan fingerprint density at radius 1 is 0.962 bits per heavy atom. The third-order valence-corrected chi connectivity index (χ3v) is 5.60. The van der Waals surface area contributed by atoms with Gasteiger partial charge in [-0.1, -0.05) is 65.7 Å². The molecule has 1 aliphatic rings. The number of anilines is 1. The van der Waals surface area contributed by atoms with E-state index in [1.165, 1.54) is 0 Å². The molecule has 4 rings (SSSR count). The summed E-state index contributed by atoms with van der Waals surface area (Å²) in [5, 5.41) is 4.43. The molecule has 0 aromatic heterocycles. The average Bonchev–Trinajstić information content (AvgIpc) is 2.87. The molecule has 0 bridgehead atoms. The highest BCUT2D eigenvalue weighted by atomic mass is 35.5. The molecular weight excluding hydrogens is 365 g/mol. The topological polar surface area (TPSA) is 29.1 Å². The molecule has 0 radical (unpaired) electrons. The van der Waals surface area contributed by atoms with E-state index >= 15 is 0 Å². The van der Waals surface area contributed by atoms with Crippen molar-refractivity contribution >= 4 is 34.8 Å². The van der Waals surface area contributed by atoms with Crippen LogP contribution in [0.3, 0.4) is 0 Å². The summed E-state index contributed by atoms with van der Waals surface area (Å²) in [4.78, 5) is 12.8. The van der Waals surface area contributed by atoms with Gasteiger partial charge in [0.15, 0.2) is 0 Å². The summed E-state index contributed by atoms with van der Waals surface area (Å²) in [6.07, 6.45) is 0.619. The molecule has 1 atom stereocenters. The van der Waals surface area contributed by atoms with Gasteiger partial charge in [-0.2, -0.15) is 0 Å². The monoisotopic (exact) mass is 381 g/mol. The fourth-order valence-electron chi connectivity index (χ4n) is 3.56. The standard InChI is InChI=1S/C22H17Cl2NO/c1-22(13-14-6-9-16(23)10-7-14)18-11-8-15(12-20(18)25-21(22)26)17-4-2-3-5-19(17)24/h2-12H,13H2,1H3,(H,25,26). The number of hydrogen-bond acceptors (Lipinski definition) is 1. The van der Waals surface area contributed by atoms with Gasteiger partial charge in [-0.15, -0.1) is 0 Å². The lowest BCUT2D eigenvalue weighted by molar-refractivity contribution is -0.120. The molecule has 1 aliphatic heterocycles. The van der Waals surface area contributed by atoms with Crippen LogP contribution in [-0.4, -0.2) is 5.91 Å². The van der Waals surface area contributed by atoms with Gasteiger partial charge in [0, 0.05) is 21.3 Å². The second kappa shape index (κ2) is 6.46. The van der Waals surface area contributed by atoms with Crippen molar-refractivity contribution in [3.63, 3.8) is 0 Å². The number of carbonyl (C=O) groups excluding carboxylic acids is 1. The van der Waals surface area contributed by atoms with Gasteiger partial charge in [0.25, 0.3) is 0 Å². The van der Waals surface area contributed by atoms with Gasteiger partial charge in [-0.25, -0.2) is 0 Å². The van der Waals surface area contributed by atoms with Crippen LogP contribution in [0.2, 0.25) is 10.0 Å². The fourth-order valence-corrected chi connectivity index (χ4v) is 3.93. The van der Waals surface area contributed by atoms with Crippen molar-refractivity contribution in [2.24, 2.45) is 0 Å². The van der Waals surface area contributed by atoms with E-state index in [0.29, 0.717) is 16.5 Å². The molecule has 1 amide bonds. The number of amides is 1. The molecule has 0 saturated heterocycles. The molecule has 130 valence electrons. The normalized spacial score (nSPS) is 18.5. The van der Waals surface area contributed by atoms with E-state index in [4.69, 9.17) is 23.2 Å². The van der Waals surface area contributed by atoms with Gasteiger partial charge < -0.3 is 5.32 Å². The number of carbonyl (C=O) groups is 1. The van der Waals surface area contributed by atoms with Crippen molar-refractivity contribution in [2.75, 3.05) is 5.32 Å². The van der Waals surface area contributed by atoms with Gasteiger partial charge in [-0.3, -0.25) is 4.79 Å². The molecular formula is C22H17Cl2NO. The Balaban J connectivity index is 1.72. The highest BCUT2D eigenvalue weighted by Crippen LogP contribution is 2.42. The van der Waals surface area contributed by atoms with Crippen LogP contribution in [-0.2, 0) is 16.6 Å². The van der Waals surface area contributed by atoms with Crippen molar-refractivity contribution in [3.05, 3.63) is 87.9 Å². The second-order valence-corrected chi connectivity index (χ2v) is 7.67. The molecule has 0 aliphatic carbocycles. The molecule has 2 nitrogen and oxygen atoms in total. The molecule has 1 N–H and O–H groups in total. The SMILES string of the molecule is CC1(Cc2ccc(Cl)cc2)C(=O)Nc2cc(-c3ccccc3Cl)ccc21. The van der Waals surface area contributed by atoms with Gasteiger partial charge >= 0.3 is 0 Å². The Labute approximate surface area is 162 Å². The van der Waals surface area contributed by atoms with Crippen LogP contribution in [0.5, 0.6) is 0 Å². The first-order valence-corrected chi connectivity index (χ1v) is 9.18. The summed E-state index contributed by atoms with van der Waals surface area (Å²) in [6.45, 7) is 1.98. The molecule has 0 saturated carbocycles. The Morgan fingerprint density at radius 2 is 1.69 bits per heavy atom. The molecule has 4 heteroatoms. The van der Waals surface area contributed by atoms with Gasteiger partial charge in [0.2, 0.25) is 5.91 Å². The number of halogens is 2.